The Kier molecular flexibility index (Phi) is 5.73. The summed E-state index contributed by atoms with van der Waals surface area (Å²) in [4.78, 5) is 31.1. The van der Waals surface area contributed by atoms with Gasteiger partial charge in [0.25, 0.3) is 5.56 Å². The number of piperidine rings is 1. The van der Waals surface area contributed by atoms with Crippen molar-refractivity contribution in [2.45, 2.75) is 32.7 Å². The van der Waals surface area contributed by atoms with Crippen molar-refractivity contribution in [1.82, 2.24) is 19.6 Å². The van der Waals surface area contributed by atoms with E-state index in [1.807, 2.05) is 11.8 Å². The van der Waals surface area contributed by atoms with E-state index in [4.69, 9.17) is 0 Å². The van der Waals surface area contributed by atoms with E-state index < -0.39 is 0 Å². The van der Waals surface area contributed by atoms with Crippen LogP contribution in [0.15, 0.2) is 17.1 Å². The van der Waals surface area contributed by atoms with Gasteiger partial charge in [-0.05, 0) is 32.7 Å². The van der Waals surface area contributed by atoms with Crippen molar-refractivity contribution in [1.29, 1.82) is 0 Å². The van der Waals surface area contributed by atoms with E-state index in [0.29, 0.717) is 18.9 Å². The molecule has 3 rings (SSSR count). The van der Waals surface area contributed by atoms with Crippen LogP contribution in [-0.4, -0.2) is 71.8 Å². The lowest BCUT2D eigenvalue weighted by Gasteiger charge is -2.36. The van der Waals surface area contributed by atoms with E-state index in [2.05, 4.69) is 21.9 Å². The number of aryl methyl sites for hydroxylation is 1. The van der Waals surface area contributed by atoms with Crippen LogP contribution >= 0.6 is 0 Å². The van der Waals surface area contributed by atoms with Crippen molar-refractivity contribution >= 4 is 11.6 Å². The first kappa shape index (κ1) is 17.9. The second-order valence-corrected chi connectivity index (χ2v) is 7.21. The van der Waals surface area contributed by atoms with Crippen LogP contribution in [-0.2, 0) is 11.3 Å². The summed E-state index contributed by atoms with van der Waals surface area (Å²) in [6.07, 6.45) is 4.52. The third kappa shape index (κ3) is 4.39. The molecule has 2 aliphatic heterocycles. The fourth-order valence-corrected chi connectivity index (χ4v) is 3.73. The van der Waals surface area contributed by atoms with Gasteiger partial charge in [-0.25, -0.2) is 4.68 Å². The zero-order valence-corrected chi connectivity index (χ0v) is 15.4. The molecule has 2 aliphatic rings. The number of piperazine rings is 1. The predicted molar refractivity (Wildman–Crippen MR) is 97.8 cm³/mol. The molecule has 3 heterocycles. The van der Waals surface area contributed by atoms with Crippen molar-refractivity contribution < 1.29 is 4.79 Å². The summed E-state index contributed by atoms with van der Waals surface area (Å²) in [6, 6.07) is 1.67. The van der Waals surface area contributed by atoms with Crippen LogP contribution in [0, 0.1) is 5.92 Å². The molecule has 1 amide bonds. The lowest BCUT2D eigenvalue weighted by molar-refractivity contribution is -0.133. The zero-order chi connectivity index (χ0) is 17.8. The summed E-state index contributed by atoms with van der Waals surface area (Å²) >= 11 is 0. The minimum atomic E-state index is -0.0596. The molecule has 0 N–H and O–H groups in total. The summed E-state index contributed by atoms with van der Waals surface area (Å²) in [7, 11) is 2.10. The highest BCUT2D eigenvalue weighted by atomic mass is 16.2. The number of hydrogen-bond acceptors (Lipinski definition) is 5. The van der Waals surface area contributed by atoms with Crippen LogP contribution in [0.2, 0.25) is 0 Å². The molecule has 1 aromatic heterocycles. The van der Waals surface area contributed by atoms with Crippen molar-refractivity contribution in [2.24, 2.45) is 5.92 Å². The summed E-state index contributed by atoms with van der Waals surface area (Å²) in [5, 5.41) is 4.22. The van der Waals surface area contributed by atoms with Gasteiger partial charge in [-0.15, -0.1) is 0 Å². The van der Waals surface area contributed by atoms with Crippen molar-refractivity contribution in [2.75, 3.05) is 51.2 Å². The number of hydrogen-bond donors (Lipinski definition) is 0. The van der Waals surface area contributed by atoms with Crippen molar-refractivity contribution in [3.8, 4) is 0 Å². The molecule has 7 nitrogen and oxygen atoms in total. The molecule has 0 radical (unpaired) electrons. The van der Waals surface area contributed by atoms with Crippen LogP contribution in [0.1, 0.15) is 26.2 Å². The molecule has 0 spiro atoms. The average Bonchev–Trinajstić information content (AvgIpc) is 2.62. The number of rotatable bonds is 4. The minimum absolute atomic E-state index is 0.0596. The van der Waals surface area contributed by atoms with Gasteiger partial charge in [-0.1, -0.05) is 0 Å². The fraction of sp³-hybridized carbons (Fsp3) is 0.722. The maximum absolute atomic E-state index is 12.6. The van der Waals surface area contributed by atoms with Crippen LogP contribution < -0.4 is 10.5 Å². The maximum atomic E-state index is 12.6. The third-order valence-electron chi connectivity index (χ3n) is 5.36. The Labute approximate surface area is 149 Å². The first-order valence-corrected chi connectivity index (χ1v) is 9.35. The van der Waals surface area contributed by atoms with Gasteiger partial charge in [0, 0.05) is 58.3 Å². The normalized spacial score (nSPS) is 22.2. The molecule has 7 heteroatoms. The van der Waals surface area contributed by atoms with Crippen LogP contribution in [0.4, 0.5) is 5.69 Å². The van der Waals surface area contributed by atoms with Gasteiger partial charge in [0.1, 0.15) is 0 Å². The number of anilines is 1. The summed E-state index contributed by atoms with van der Waals surface area (Å²) < 4.78 is 1.46. The molecule has 1 unspecified atom stereocenters. The van der Waals surface area contributed by atoms with Gasteiger partial charge >= 0.3 is 0 Å². The Bertz CT molecular complexity index is 651. The van der Waals surface area contributed by atoms with Crippen LogP contribution in [0.3, 0.4) is 0 Å². The van der Waals surface area contributed by atoms with Gasteiger partial charge in [0.05, 0.1) is 11.9 Å². The molecule has 2 fully saturated rings. The maximum Gasteiger partial charge on any atom is 0.268 e. The average molecular weight is 347 g/mol. The molecule has 138 valence electrons. The number of carbonyl (C=O) groups excluding carboxylic acids is 1. The summed E-state index contributed by atoms with van der Waals surface area (Å²) in [6.45, 7) is 7.85. The lowest BCUT2D eigenvalue weighted by Crippen LogP contribution is -2.48. The largest absolute Gasteiger partial charge is 0.370 e. The summed E-state index contributed by atoms with van der Waals surface area (Å²) in [5.41, 5.74) is 0.821. The second-order valence-electron chi connectivity index (χ2n) is 7.21. The Hall–Kier alpha value is -1.89. The van der Waals surface area contributed by atoms with Gasteiger partial charge in [-0.3, -0.25) is 9.59 Å². The van der Waals surface area contributed by atoms with Gasteiger partial charge < -0.3 is 14.7 Å². The molecule has 0 saturated carbocycles. The number of likely N-dealkylation sites (N-methyl/N-ethyl adjacent to an activating group) is 1. The van der Waals surface area contributed by atoms with Crippen LogP contribution in [0.25, 0.3) is 0 Å². The number of amides is 1. The Balaban J connectivity index is 1.58. The number of aromatic nitrogens is 2. The lowest BCUT2D eigenvalue weighted by atomic mass is 9.94. The molecule has 25 heavy (non-hydrogen) atoms. The number of carbonyl (C=O) groups is 1. The SMILES string of the molecule is CCn1ncc(N2CCCC(CC(=O)N3CCN(C)CC3)C2)cc1=O. The molecule has 1 atom stereocenters. The smallest absolute Gasteiger partial charge is 0.268 e. The summed E-state index contributed by atoms with van der Waals surface area (Å²) in [5.74, 6) is 0.633. The predicted octanol–water partition coefficient (Wildman–Crippen LogP) is 0.644. The molecule has 2 saturated heterocycles. The molecule has 1 aromatic rings. The molecular formula is C18H29N5O2. The van der Waals surface area contributed by atoms with Gasteiger partial charge in [0.2, 0.25) is 5.91 Å². The van der Waals surface area contributed by atoms with E-state index in [-0.39, 0.29) is 11.5 Å². The first-order chi connectivity index (χ1) is 12.1. The van der Waals surface area contributed by atoms with Crippen molar-refractivity contribution in [3.05, 3.63) is 22.6 Å². The second kappa shape index (κ2) is 7.99. The molecular weight excluding hydrogens is 318 g/mol. The first-order valence-electron chi connectivity index (χ1n) is 9.35. The Morgan fingerprint density at radius 2 is 2.00 bits per heavy atom. The highest BCUT2D eigenvalue weighted by Crippen LogP contribution is 2.24. The van der Waals surface area contributed by atoms with E-state index in [0.717, 1.165) is 57.8 Å². The highest BCUT2D eigenvalue weighted by molar-refractivity contribution is 5.76. The Morgan fingerprint density at radius 1 is 1.24 bits per heavy atom. The Morgan fingerprint density at radius 3 is 2.68 bits per heavy atom. The molecule has 0 bridgehead atoms. The zero-order valence-electron chi connectivity index (χ0n) is 15.4. The molecule has 0 aromatic carbocycles. The third-order valence-corrected chi connectivity index (χ3v) is 5.36. The van der Waals surface area contributed by atoms with Crippen molar-refractivity contribution in [3.63, 3.8) is 0 Å². The molecule has 0 aliphatic carbocycles. The standard InChI is InChI=1S/C18H29N5O2/c1-3-23-18(25)12-16(13-19-23)22-6-4-5-15(14-22)11-17(24)21-9-7-20(2)8-10-21/h12-13,15H,3-11,14H2,1-2H3. The van der Waals surface area contributed by atoms with E-state index in [9.17, 15) is 9.59 Å². The highest BCUT2D eigenvalue weighted by Gasteiger charge is 2.26. The number of nitrogens with zero attached hydrogens (tertiary/aromatic N) is 5. The van der Waals surface area contributed by atoms with E-state index >= 15 is 0 Å². The van der Waals surface area contributed by atoms with E-state index in [1.165, 1.54) is 4.68 Å². The van der Waals surface area contributed by atoms with E-state index in [1.54, 1.807) is 12.3 Å². The minimum Gasteiger partial charge on any atom is -0.370 e. The van der Waals surface area contributed by atoms with Gasteiger partial charge in [-0.2, -0.15) is 5.10 Å². The quantitative estimate of drug-likeness (QED) is 0.800. The topological polar surface area (TPSA) is 61.7 Å². The fourth-order valence-electron chi connectivity index (χ4n) is 3.73. The van der Waals surface area contributed by atoms with Crippen LogP contribution in [0.5, 0.6) is 0 Å². The monoisotopic (exact) mass is 347 g/mol. The van der Waals surface area contributed by atoms with Gasteiger partial charge in [0.15, 0.2) is 0 Å².